The van der Waals surface area contributed by atoms with Gasteiger partial charge in [0.25, 0.3) is 0 Å². The van der Waals surface area contributed by atoms with Crippen molar-refractivity contribution < 1.29 is 18.9 Å². The van der Waals surface area contributed by atoms with Gasteiger partial charge in [-0.05, 0) is 29.3 Å². The molecule has 2 N–H and O–H groups in total. The molecule has 174 valence electrons. The third-order valence-corrected chi connectivity index (χ3v) is 5.43. The molecule has 0 amide bonds. The zero-order valence-corrected chi connectivity index (χ0v) is 19.3. The molecule has 1 saturated heterocycles. The van der Waals surface area contributed by atoms with Crippen LogP contribution in [0.2, 0.25) is 0 Å². The van der Waals surface area contributed by atoms with Gasteiger partial charge in [0, 0.05) is 45.5 Å². The minimum absolute atomic E-state index is 0.123. The van der Waals surface area contributed by atoms with Crippen LogP contribution >= 0.6 is 0 Å². The van der Waals surface area contributed by atoms with Crippen LogP contribution in [0.5, 0.6) is 17.4 Å². The van der Waals surface area contributed by atoms with Crippen molar-refractivity contribution in [1.29, 1.82) is 0 Å². The van der Waals surface area contributed by atoms with Gasteiger partial charge in [-0.1, -0.05) is 6.07 Å². The Kier molecular flexibility index (Phi) is 8.94. The first-order valence-electron chi connectivity index (χ1n) is 10.7. The van der Waals surface area contributed by atoms with Crippen LogP contribution in [0.15, 0.2) is 41.5 Å². The van der Waals surface area contributed by atoms with E-state index in [0.29, 0.717) is 19.0 Å². The minimum Gasteiger partial charge on any atom is -0.493 e. The summed E-state index contributed by atoms with van der Waals surface area (Å²) >= 11 is 0. The number of aliphatic imine (C=N–C) groups is 1. The number of morpholine rings is 1. The van der Waals surface area contributed by atoms with E-state index in [0.717, 1.165) is 54.9 Å². The molecule has 1 unspecified atom stereocenters. The number of rotatable bonds is 9. The highest BCUT2D eigenvalue weighted by Crippen LogP contribution is 2.32. The van der Waals surface area contributed by atoms with Crippen molar-refractivity contribution in [3.63, 3.8) is 0 Å². The van der Waals surface area contributed by atoms with Crippen LogP contribution in [0.25, 0.3) is 0 Å². The Bertz CT molecular complexity index is 886. The van der Waals surface area contributed by atoms with Gasteiger partial charge in [-0.3, -0.25) is 9.89 Å². The molecule has 1 aromatic heterocycles. The van der Waals surface area contributed by atoms with Gasteiger partial charge < -0.3 is 29.6 Å². The van der Waals surface area contributed by atoms with Gasteiger partial charge in [0.05, 0.1) is 40.6 Å². The zero-order chi connectivity index (χ0) is 22.8. The van der Waals surface area contributed by atoms with Gasteiger partial charge >= 0.3 is 0 Å². The van der Waals surface area contributed by atoms with Gasteiger partial charge in [-0.2, -0.15) is 0 Å². The standard InChI is InChI=1S/C23H33N5O4/c1-24-23(26-15-17-7-8-25-22(13-17)31-4)27-16-19(28-9-11-32-12-10-28)18-5-6-20(29-2)21(14-18)30-3/h5-8,13-14,19H,9-12,15-16H2,1-4H3,(H2,24,26,27). The van der Waals surface area contributed by atoms with Crippen molar-refractivity contribution in [3.05, 3.63) is 47.7 Å². The van der Waals surface area contributed by atoms with E-state index in [-0.39, 0.29) is 6.04 Å². The molecule has 1 atom stereocenters. The van der Waals surface area contributed by atoms with Gasteiger partial charge in [0.1, 0.15) is 0 Å². The topological polar surface area (TPSA) is 89.5 Å². The Balaban J connectivity index is 1.69. The Hall–Kier alpha value is -3.04. The number of ether oxygens (including phenoxy) is 4. The third-order valence-electron chi connectivity index (χ3n) is 5.43. The first kappa shape index (κ1) is 23.6. The minimum atomic E-state index is 0.123. The average Bonchev–Trinajstić information content (AvgIpc) is 2.86. The first-order chi connectivity index (χ1) is 15.7. The molecular formula is C23H33N5O4. The number of nitrogens with one attached hydrogen (secondary N) is 2. The number of aromatic nitrogens is 1. The second-order valence-electron chi connectivity index (χ2n) is 7.29. The molecule has 2 aromatic rings. The van der Waals surface area contributed by atoms with E-state index in [1.807, 2.05) is 24.3 Å². The van der Waals surface area contributed by atoms with Crippen LogP contribution in [0, 0.1) is 0 Å². The summed E-state index contributed by atoms with van der Waals surface area (Å²) in [6, 6.07) is 10.1. The largest absolute Gasteiger partial charge is 0.493 e. The summed E-state index contributed by atoms with van der Waals surface area (Å²) in [5, 5.41) is 6.82. The Morgan fingerprint density at radius 3 is 2.53 bits per heavy atom. The number of hydrogen-bond donors (Lipinski definition) is 2. The average molecular weight is 444 g/mol. The highest BCUT2D eigenvalue weighted by molar-refractivity contribution is 5.79. The monoisotopic (exact) mass is 443 g/mol. The molecule has 32 heavy (non-hydrogen) atoms. The van der Waals surface area contributed by atoms with Crippen LogP contribution in [0.3, 0.4) is 0 Å². The van der Waals surface area contributed by atoms with E-state index in [4.69, 9.17) is 18.9 Å². The van der Waals surface area contributed by atoms with Gasteiger partial charge in [-0.15, -0.1) is 0 Å². The molecule has 1 fully saturated rings. The summed E-state index contributed by atoms with van der Waals surface area (Å²) in [5.74, 6) is 2.75. The predicted molar refractivity (Wildman–Crippen MR) is 124 cm³/mol. The SMILES string of the molecule is CN=C(NCc1ccnc(OC)c1)NCC(c1ccc(OC)c(OC)c1)N1CCOCC1. The molecule has 0 radical (unpaired) electrons. The quantitative estimate of drug-likeness (QED) is 0.448. The molecule has 3 rings (SSSR count). The van der Waals surface area contributed by atoms with Gasteiger partial charge in [0.15, 0.2) is 17.5 Å². The van der Waals surface area contributed by atoms with Gasteiger partial charge in [-0.25, -0.2) is 4.98 Å². The lowest BCUT2D eigenvalue weighted by Crippen LogP contribution is -2.46. The fraction of sp³-hybridized carbons (Fsp3) is 0.478. The highest BCUT2D eigenvalue weighted by atomic mass is 16.5. The molecule has 0 spiro atoms. The zero-order valence-electron chi connectivity index (χ0n) is 19.3. The summed E-state index contributed by atoms with van der Waals surface area (Å²) in [6.07, 6.45) is 1.73. The van der Waals surface area contributed by atoms with Crippen LogP contribution in [-0.2, 0) is 11.3 Å². The Morgan fingerprint density at radius 1 is 1.06 bits per heavy atom. The number of guanidine groups is 1. The van der Waals surface area contributed by atoms with E-state index in [1.165, 1.54) is 0 Å². The number of nitrogens with zero attached hydrogens (tertiary/aromatic N) is 3. The lowest BCUT2D eigenvalue weighted by Gasteiger charge is -2.35. The summed E-state index contributed by atoms with van der Waals surface area (Å²) in [4.78, 5) is 10.9. The molecule has 2 heterocycles. The number of methoxy groups -OCH3 is 3. The smallest absolute Gasteiger partial charge is 0.213 e. The Morgan fingerprint density at radius 2 is 1.84 bits per heavy atom. The fourth-order valence-electron chi connectivity index (χ4n) is 3.68. The van der Waals surface area contributed by atoms with Crippen molar-refractivity contribution in [2.75, 3.05) is 61.2 Å². The second-order valence-corrected chi connectivity index (χ2v) is 7.29. The van der Waals surface area contributed by atoms with Crippen molar-refractivity contribution in [1.82, 2.24) is 20.5 Å². The van der Waals surface area contributed by atoms with Gasteiger partial charge in [0.2, 0.25) is 5.88 Å². The van der Waals surface area contributed by atoms with Crippen LogP contribution in [0.4, 0.5) is 0 Å². The molecular weight excluding hydrogens is 410 g/mol. The van der Waals surface area contributed by atoms with Crippen LogP contribution < -0.4 is 24.8 Å². The maximum absolute atomic E-state index is 5.56. The lowest BCUT2D eigenvalue weighted by molar-refractivity contribution is 0.0169. The van der Waals surface area contributed by atoms with E-state index < -0.39 is 0 Å². The lowest BCUT2D eigenvalue weighted by atomic mass is 10.0. The fourth-order valence-corrected chi connectivity index (χ4v) is 3.68. The summed E-state index contributed by atoms with van der Waals surface area (Å²) in [7, 11) is 6.68. The van der Waals surface area contributed by atoms with Crippen molar-refractivity contribution in [2.24, 2.45) is 4.99 Å². The normalized spacial score (nSPS) is 15.7. The number of hydrogen-bond acceptors (Lipinski definition) is 7. The van der Waals surface area contributed by atoms with E-state index in [1.54, 1.807) is 34.6 Å². The molecule has 9 heteroatoms. The predicted octanol–water partition coefficient (Wildman–Crippen LogP) is 1.85. The second kappa shape index (κ2) is 12.1. The summed E-state index contributed by atoms with van der Waals surface area (Å²) in [6.45, 7) is 4.46. The Labute approximate surface area is 189 Å². The number of pyridine rings is 1. The third kappa shape index (κ3) is 6.24. The van der Waals surface area contributed by atoms with E-state index in [9.17, 15) is 0 Å². The number of benzene rings is 1. The summed E-state index contributed by atoms with van der Waals surface area (Å²) < 4.78 is 21.7. The van der Waals surface area contributed by atoms with Crippen molar-refractivity contribution in [2.45, 2.75) is 12.6 Å². The van der Waals surface area contributed by atoms with Crippen molar-refractivity contribution in [3.8, 4) is 17.4 Å². The van der Waals surface area contributed by atoms with Crippen LogP contribution in [-0.4, -0.2) is 77.1 Å². The summed E-state index contributed by atoms with van der Waals surface area (Å²) in [5.41, 5.74) is 2.20. The van der Waals surface area contributed by atoms with Crippen molar-refractivity contribution >= 4 is 5.96 Å². The van der Waals surface area contributed by atoms with Crippen LogP contribution in [0.1, 0.15) is 17.2 Å². The maximum Gasteiger partial charge on any atom is 0.213 e. The molecule has 1 aromatic carbocycles. The molecule has 0 aliphatic carbocycles. The molecule has 1 aliphatic heterocycles. The molecule has 9 nitrogen and oxygen atoms in total. The first-order valence-corrected chi connectivity index (χ1v) is 10.7. The highest BCUT2D eigenvalue weighted by Gasteiger charge is 2.24. The molecule has 0 bridgehead atoms. The maximum atomic E-state index is 5.56. The van der Waals surface area contributed by atoms with E-state index >= 15 is 0 Å². The molecule has 0 saturated carbocycles. The molecule has 1 aliphatic rings. The van der Waals surface area contributed by atoms with E-state index in [2.05, 4.69) is 31.6 Å².